The van der Waals surface area contributed by atoms with Gasteiger partial charge in [-0.25, -0.2) is 4.98 Å². The maximum absolute atomic E-state index is 5.31. The highest BCUT2D eigenvalue weighted by Gasteiger charge is 2.21. The molecule has 1 aliphatic rings. The monoisotopic (exact) mass is 221 g/mol. The van der Waals surface area contributed by atoms with Gasteiger partial charge in [-0.2, -0.15) is 0 Å². The number of hydrogen-bond acceptors (Lipinski definition) is 4. The number of aromatic nitrogens is 1. The quantitative estimate of drug-likeness (QED) is 0.845. The lowest BCUT2D eigenvalue weighted by Gasteiger charge is -2.30. The molecule has 1 fully saturated rings. The minimum Gasteiger partial charge on any atom is -0.479 e. The van der Waals surface area contributed by atoms with Crippen LogP contribution in [0.1, 0.15) is 19.3 Å². The Morgan fingerprint density at radius 2 is 2.19 bits per heavy atom. The molecule has 0 atom stereocenters. The van der Waals surface area contributed by atoms with E-state index in [1.54, 1.807) is 13.3 Å². The van der Waals surface area contributed by atoms with E-state index >= 15 is 0 Å². The molecular weight excluding hydrogens is 202 g/mol. The van der Waals surface area contributed by atoms with Crippen LogP contribution in [0, 0.1) is 0 Å². The minimum absolute atomic E-state index is 0.580. The normalized spacial score (nSPS) is 15.4. The van der Waals surface area contributed by atoms with E-state index in [0.717, 1.165) is 11.4 Å². The highest BCUT2D eigenvalue weighted by Crippen LogP contribution is 2.35. The van der Waals surface area contributed by atoms with Gasteiger partial charge in [-0.05, 0) is 25.3 Å². The molecule has 1 aliphatic carbocycles. The van der Waals surface area contributed by atoms with Crippen molar-refractivity contribution in [1.82, 2.24) is 4.98 Å². The number of ether oxygens (including phenoxy) is 1. The van der Waals surface area contributed by atoms with Crippen LogP contribution < -0.4 is 15.0 Å². The molecule has 0 spiro atoms. The van der Waals surface area contributed by atoms with E-state index in [1.807, 2.05) is 20.2 Å². The summed E-state index contributed by atoms with van der Waals surface area (Å²) in [5, 5.41) is 3.52. The molecule has 1 aromatic rings. The standard InChI is InChI=1S/C12H19N3O/c1-15(2)10-7-8-13-12(16-3)11(10)14-9-5-4-6-9/h7-9,14H,4-6H2,1-3H3. The van der Waals surface area contributed by atoms with Gasteiger partial charge in [0.1, 0.15) is 5.69 Å². The Kier molecular flexibility index (Phi) is 3.17. The first kappa shape index (κ1) is 11.0. The van der Waals surface area contributed by atoms with Crippen molar-refractivity contribution in [3.05, 3.63) is 12.3 Å². The van der Waals surface area contributed by atoms with Crippen molar-refractivity contribution in [2.24, 2.45) is 0 Å². The van der Waals surface area contributed by atoms with E-state index < -0.39 is 0 Å². The first-order chi connectivity index (χ1) is 7.72. The molecule has 0 aromatic carbocycles. The van der Waals surface area contributed by atoms with Gasteiger partial charge >= 0.3 is 0 Å². The molecular formula is C12H19N3O. The predicted octanol–water partition coefficient (Wildman–Crippen LogP) is 2.12. The fourth-order valence-corrected chi connectivity index (χ4v) is 1.85. The number of pyridine rings is 1. The first-order valence-electron chi connectivity index (χ1n) is 5.69. The molecule has 88 valence electrons. The Morgan fingerprint density at radius 3 is 2.69 bits per heavy atom. The minimum atomic E-state index is 0.580. The summed E-state index contributed by atoms with van der Waals surface area (Å²) >= 11 is 0. The maximum atomic E-state index is 5.31. The van der Waals surface area contributed by atoms with Crippen LogP contribution in [-0.2, 0) is 0 Å². The Balaban J connectivity index is 2.28. The third-order valence-electron chi connectivity index (χ3n) is 3.02. The SMILES string of the molecule is COc1nccc(N(C)C)c1NC1CCC1. The summed E-state index contributed by atoms with van der Waals surface area (Å²) in [7, 11) is 5.72. The summed E-state index contributed by atoms with van der Waals surface area (Å²) in [6.45, 7) is 0. The van der Waals surface area contributed by atoms with E-state index in [0.29, 0.717) is 11.9 Å². The Morgan fingerprint density at radius 1 is 1.44 bits per heavy atom. The Hall–Kier alpha value is -1.45. The lowest BCUT2D eigenvalue weighted by atomic mass is 9.93. The number of nitrogens with one attached hydrogen (secondary N) is 1. The van der Waals surface area contributed by atoms with Crippen LogP contribution >= 0.6 is 0 Å². The largest absolute Gasteiger partial charge is 0.479 e. The van der Waals surface area contributed by atoms with Crippen LogP contribution in [0.15, 0.2) is 12.3 Å². The molecule has 1 saturated carbocycles. The van der Waals surface area contributed by atoms with Crippen LogP contribution in [0.4, 0.5) is 11.4 Å². The van der Waals surface area contributed by atoms with E-state index in [4.69, 9.17) is 4.74 Å². The Bertz CT molecular complexity index is 361. The lowest BCUT2D eigenvalue weighted by Crippen LogP contribution is -2.28. The molecule has 1 heterocycles. The summed E-state index contributed by atoms with van der Waals surface area (Å²) < 4.78 is 5.31. The van der Waals surface area contributed by atoms with Gasteiger partial charge in [0, 0.05) is 26.3 Å². The maximum Gasteiger partial charge on any atom is 0.239 e. The Labute approximate surface area is 96.6 Å². The third kappa shape index (κ3) is 2.05. The van der Waals surface area contributed by atoms with Gasteiger partial charge in [0.15, 0.2) is 0 Å². The highest BCUT2D eigenvalue weighted by molar-refractivity contribution is 5.74. The zero-order valence-corrected chi connectivity index (χ0v) is 10.2. The van der Waals surface area contributed by atoms with Crippen LogP contribution in [0.3, 0.4) is 0 Å². The van der Waals surface area contributed by atoms with Crippen molar-refractivity contribution >= 4 is 11.4 Å². The third-order valence-corrected chi connectivity index (χ3v) is 3.02. The van der Waals surface area contributed by atoms with E-state index in [9.17, 15) is 0 Å². The topological polar surface area (TPSA) is 37.4 Å². The van der Waals surface area contributed by atoms with Crippen molar-refractivity contribution in [2.45, 2.75) is 25.3 Å². The molecule has 16 heavy (non-hydrogen) atoms. The van der Waals surface area contributed by atoms with Gasteiger partial charge in [-0.15, -0.1) is 0 Å². The molecule has 0 radical (unpaired) electrons. The van der Waals surface area contributed by atoms with E-state index in [2.05, 4.69) is 15.2 Å². The molecule has 1 N–H and O–H groups in total. The lowest BCUT2D eigenvalue weighted by molar-refractivity contribution is 0.395. The second kappa shape index (κ2) is 4.60. The molecule has 0 saturated heterocycles. The molecule has 0 bridgehead atoms. The van der Waals surface area contributed by atoms with Crippen LogP contribution in [0.25, 0.3) is 0 Å². The second-order valence-corrected chi connectivity index (χ2v) is 4.38. The van der Waals surface area contributed by atoms with Gasteiger partial charge in [0.25, 0.3) is 0 Å². The predicted molar refractivity (Wildman–Crippen MR) is 66.4 cm³/mol. The van der Waals surface area contributed by atoms with Gasteiger partial charge in [-0.1, -0.05) is 0 Å². The van der Waals surface area contributed by atoms with Crippen LogP contribution in [0.2, 0.25) is 0 Å². The fourth-order valence-electron chi connectivity index (χ4n) is 1.85. The summed E-state index contributed by atoms with van der Waals surface area (Å²) in [5.74, 6) is 0.679. The summed E-state index contributed by atoms with van der Waals surface area (Å²) in [6.07, 6.45) is 5.58. The number of nitrogens with zero attached hydrogens (tertiary/aromatic N) is 2. The molecule has 1 aromatic heterocycles. The molecule has 4 heteroatoms. The van der Waals surface area contributed by atoms with Crippen molar-refractivity contribution in [3.8, 4) is 5.88 Å². The van der Waals surface area contributed by atoms with Crippen molar-refractivity contribution in [1.29, 1.82) is 0 Å². The zero-order chi connectivity index (χ0) is 11.5. The average molecular weight is 221 g/mol. The number of rotatable bonds is 4. The van der Waals surface area contributed by atoms with Gasteiger partial charge in [0.2, 0.25) is 5.88 Å². The van der Waals surface area contributed by atoms with Gasteiger partial charge in [0.05, 0.1) is 12.8 Å². The number of methoxy groups -OCH3 is 1. The van der Waals surface area contributed by atoms with Gasteiger partial charge < -0.3 is 15.0 Å². The summed E-state index contributed by atoms with van der Waals surface area (Å²) in [5.41, 5.74) is 2.14. The van der Waals surface area contributed by atoms with Crippen LogP contribution in [0.5, 0.6) is 5.88 Å². The van der Waals surface area contributed by atoms with E-state index in [-0.39, 0.29) is 0 Å². The van der Waals surface area contributed by atoms with Crippen molar-refractivity contribution in [2.75, 3.05) is 31.4 Å². The second-order valence-electron chi connectivity index (χ2n) is 4.38. The molecule has 0 aliphatic heterocycles. The fraction of sp³-hybridized carbons (Fsp3) is 0.583. The highest BCUT2D eigenvalue weighted by atomic mass is 16.5. The zero-order valence-electron chi connectivity index (χ0n) is 10.2. The summed E-state index contributed by atoms with van der Waals surface area (Å²) in [4.78, 5) is 6.31. The van der Waals surface area contributed by atoms with Gasteiger partial charge in [-0.3, -0.25) is 0 Å². The molecule has 0 unspecified atom stereocenters. The molecule has 4 nitrogen and oxygen atoms in total. The number of hydrogen-bond donors (Lipinski definition) is 1. The molecule has 2 rings (SSSR count). The van der Waals surface area contributed by atoms with E-state index in [1.165, 1.54) is 19.3 Å². The first-order valence-corrected chi connectivity index (χ1v) is 5.69. The average Bonchev–Trinajstić information content (AvgIpc) is 2.22. The van der Waals surface area contributed by atoms with Crippen LogP contribution in [-0.4, -0.2) is 32.2 Å². The number of anilines is 2. The van der Waals surface area contributed by atoms with Crippen molar-refractivity contribution < 1.29 is 4.74 Å². The summed E-state index contributed by atoms with van der Waals surface area (Å²) in [6, 6.07) is 2.58. The molecule has 0 amide bonds. The van der Waals surface area contributed by atoms with Crippen molar-refractivity contribution in [3.63, 3.8) is 0 Å². The smallest absolute Gasteiger partial charge is 0.239 e.